The number of carbonyl (C=O) groups is 1. The molecule has 1 aromatic rings. The van der Waals surface area contributed by atoms with Gasteiger partial charge in [0.15, 0.2) is 0 Å². The van der Waals surface area contributed by atoms with E-state index in [0.29, 0.717) is 0 Å². The topological polar surface area (TPSA) is 29.5 Å². The van der Waals surface area contributed by atoms with Crippen LogP contribution in [0.3, 0.4) is 0 Å². The van der Waals surface area contributed by atoms with Crippen molar-refractivity contribution < 1.29 is 9.53 Å². The second kappa shape index (κ2) is 6.82. The molecule has 1 spiro atoms. The lowest BCUT2D eigenvalue weighted by molar-refractivity contribution is -0.155. The van der Waals surface area contributed by atoms with E-state index in [4.69, 9.17) is 4.74 Å². The highest BCUT2D eigenvalue weighted by Crippen LogP contribution is 2.48. The molecule has 0 radical (unpaired) electrons. The van der Waals surface area contributed by atoms with Crippen LogP contribution in [-0.2, 0) is 16.1 Å². The molecule has 2 aliphatic rings. The molecule has 1 aromatic carbocycles. The van der Waals surface area contributed by atoms with Gasteiger partial charge in [-0.3, -0.25) is 9.69 Å². The zero-order chi connectivity index (χ0) is 15.4. The summed E-state index contributed by atoms with van der Waals surface area (Å²) in [5, 5.41) is 0. The van der Waals surface area contributed by atoms with Gasteiger partial charge in [0, 0.05) is 13.1 Å². The van der Waals surface area contributed by atoms with Crippen molar-refractivity contribution in [3.63, 3.8) is 0 Å². The number of esters is 1. The summed E-state index contributed by atoms with van der Waals surface area (Å²) in [6.07, 6.45) is 6.98. The predicted octanol–water partition coefficient (Wildman–Crippen LogP) is 3.63. The Morgan fingerprint density at radius 2 is 2.00 bits per heavy atom. The third-order valence-corrected chi connectivity index (χ3v) is 5.58. The van der Waals surface area contributed by atoms with Gasteiger partial charge in [0.25, 0.3) is 0 Å². The average molecular weight is 301 g/mol. The van der Waals surface area contributed by atoms with E-state index in [1.807, 2.05) is 0 Å². The lowest BCUT2D eigenvalue weighted by atomic mass is 9.62. The fraction of sp³-hybridized carbons (Fsp3) is 0.632. The van der Waals surface area contributed by atoms with Crippen molar-refractivity contribution in [2.24, 2.45) is 11.3 Å². The van der Waals surface area contributed by atoms with E-state index in [1.165, 1.54) is 44.8 Å². The van der Waals surface area contributed by atoms with Gasteiger partial charge in [-0.2, -0.15) is 0 Å². The third-order valence-electron chi connectivity index (χ3n) is 5.58. The third kappa shape index (κ3) is 3.19. The molecule has 1 saturated heterocycles. The SMILES string of the molecule is COC(=O)[C@H]1CCCC[C@@]12CCCN(Cc1ccccc1)C2. The number of ether oxygens (including phenoxy) is 1. The van der Waals surface area contributed by atoms with E-state index in [1.54, 1.807) is 0 Å². The van der Waals surface area contributed by atoms with E-state index in [0.717, 1.165) is 26.1 Å². The molecule has 1 heterocycles. The lowest BCUT2D eigenvalue weighted by Crippen LogP contribution is -2.50. The maximum Gasteiger partial charge on any atom is 0.309 e. The molecular formula is C19H27NO2. The van der Waals surface area contributed by atoms with Crippen molar-refractivity contribution in [3.8, 4) is 0 Å². The molecule has 0 amide bonds. The van der Waals surface area contributed by atoms with Crippen LogP contribution in [0.25, 0.3) is 0 Å². The summed E-state index contributed by atoms with van der Waals surface area (Å²) in [5.41, 5.74) is 1.52. The highest BCUT2D eigenvalue weighted by atomic mass is 16.5. The van der Waals surface area contributed by atoms with Crippen LogP contribution in [0.15, 0.2) is 30.3 Å². The molecule has 1 saturated carbocycles. The van der Waals surface area contributed by atoms with Gasteiger partial charge in [0.2, 0.25) is 0 Å². The molecule has 2 fully saturated rings. The number of hydrogen-bond donors (Lipinski definition) is 0. The maximum absolute atomic E-state index is 12.3. The van der Waals surface area contributed by atoms with Crippen molar-refractivity contribution in [2.75, 3.05) is 20.2 Å². The Labute approximate surface area is 133 Å². The van der Waals surface area contributed by atoms with Crippen LogP contribution in [0.2, 0.25) is 0 Å². The highest BCUT2D eigenvalue weighted by Gasteiger charge is 2.47. The molecule has 2 atom stereocenters. The fourth-order valence-electron chi connectivity index (χ4n) is 4.54. The van der Waals surface area contributed by atoms with Crippen molar-refractivity contribution >= 4 is 5.97 Å². The number of methoxy groups -OCH3 is 1. The van der Waals surface area contributed by atoms with Gasteiger partial charge >= 0.3 is 5.97 Å². The quantitative estimate of drug-likeness (QED) is 0.798. The number of likely N-dealkylation sites (tertiary alicyclic amines) is 1. The van der Waals surface area contributed by atoms with Crippen molar-refractivity contribution in [2.45, 2.75) is 45.1 Å². The van der Waals surface area contributed by atoms with Crippen molar-refractivity contribution in [1.82, 2.24) is 4.90 Å². The second-order valence-electron chi connectivity index (χ2n) is 6.98. The molecule has 3 heteroatoms. The number of carbonyl (C=O) groups excluding carboxylic acids is 1. The van der Waals surface area contributed by atoms with Gasteiger partial charge in [0.05, 0.1) is 13.0 Å². The lowest BCUT2D eigenvalue weighted by Gasteiger charge is -2.49. The maximum atomic E-state index is 12.3. The first-order chi connectivity index (χ1) is 10.7. The number of hydrogen-bond acceptors (Lipinski definition) is 3. The number of nitrogens with zero attached hydrogens (tertiary/aromatic N) is 1. The Hall–Kier alpha value is -1.35. The minimum Gasteiger partial charge on any atom is -0.469 e. The van der Waals surface area contributed by atoms with Crippen LogP contribution in [0.4, 0.5) is 0 Å². The number of piperidine rings is 1. The summed E-state index contributed by atoms with van der Waals surface area (Å²) >= 11 is 0. The first-order valence-electron chi connectivity index (χ1n) is 8.58. The molecular weight excluding hydrogens is 274 g/mol. The molecule has 0 N–H and O–H groups in total. The van der Waals surface area contributed by atoms with Gasteiger partial charge in [-0.25, -0.2) is 0 Å². The van der Waals surface area contributed by atoms with Crippen molar-refractivity contribution in [3.05, 3.63) is 35.9 Å². The first kappa shape index (κ1) is 15.5. The van der Waals surface area contributed by atoms with E-state index in [-0.39, 0.29) is 17.3 Å². The summed E-state index contributed by atoms with van der Waals surface area (Å²) in [5.74, 6) is 0.117. The van der Waals surface area contributed by atoms with Crippen LogP contribution in [-0.4, -0.2) is 31.1 Å². The zero-order valence-corrected chi connectivity index (χ0v) is 13.6. The Kier molecular flexibility index (Phi) is 4.82. The van der Waals surface area contributed by atoms with Crippen LogP contribution >= 0.6 is 0 Å². The Bertz CT molecular complexity index is 497. The molecule has 120 valence electrons. The normalized spacial score (nSPS) is 29.4. The summed E-state index contributed by atoms with van der Waals surface area (Å²) in [4.78, 5) is 14.8. The van der Waals surface area contributed by atoms with Crippen LogP contribution in [0.1, 0.15) is 44.1 Å². The van der Waals surface area contributed by atoms with E-state index >= 15 is 0 Å². The molecule has 0 bridgehead atoms. The molecule has 1 aliphatic carbocycles. The average Bonchev–Trinajstić information content (AvgIpc) is 2.56. The zero-order valence-electron chi connectivity index (χ0n) is 13.6. The van der Waals surface area contributed by atoms with Crippen molar-refractivity contribution in [1.29, 1.82) is 0 Å². The number of rotatable bonds is 3. The Morgan fingerprint density at radius 3 is 2.77 bits per heavy atom. The van der Waals surface area contributed by atoms with Gasteiger partial charge < -0.3 is 4.74 Å². The summed E-state index contributed by atoms with van der Waals surface area (Å²) in [6, 6.07) is 10.7. The smallest absolute Gasteiger partial charge is 0.309 e. The molecule has 1 aliphatic heterocycles. The molecule has 0 aromatic heterocycles. The molecule has 22 heavy (non-hydrogen) atoms. The van der Waals surface area contributed by atoms with E-state index < -0.39 is 0 Å². The van der Waals surface area contributed by atoms with Crippen LogP contribution in [0.5, 0.6) is 0 Å². The van der Waals surface area contributed by atoms with E-state index in [9.17, 15) is 4.79 Å². The van der Waals surface area contributed by atoms with Gasteiger partial charge in [-0.15, -0.1) is 0 Å². The van der Waals surface area contributed by atoms with Gasteiger partial charge in [-0.05, 0) is 43.2 Å². The summed E-state index contributed by atoms with van der Waals surface area (Å²) in [6.45, 7) is 3.18. The van der Waals surface area contributed by atoms with Crippen LogP contribution in [0, 0.1) is 11.3 Å². The molecule has 3 nitrogen and oxygen atoms in total. The predicted molar refractivity (Wildman–Crippen MR) is 87.4 cm³/mol. The largest absolute Gasteiger partial charge is 0.469 e. The van der Waals surface area contributed by atoms with Crippen LogP contribution < -0.4 is 0 Å². The molecule has 0 unspecified atom stereocenters. The Morgan fingerprint density at radius 1 is 1.23 bits per heavy atom. The first-order valence-corrected chi connectivity index (χ1v) is 8.58. The minimum absolute atomic E-state index is 0.0151. The van der Waals surface area contributed by atoms with Gasteiger partial charge in [-0.1, -0.05) is 43.2 Å². The monoisotopic (exact) mass is 301 g/mol. The summed E-state index contributed by atoms with van der Waals surface area (Å²) < 4.78 is 5.11. The second-order valence-corrected chi connectivity index (χ2v) is 6.98. The Balaban J connectivity index is 1.73. The molecule has 3 rings (SSSR count). The van der Waals surface area contributed by atoms with Gasteiger partial charge in [0.1, 0.15) is 0 Å². The number of benzene rings is 1. The van der Waals surface area contributed by atoms with E-state index in [2.05, 4.69) is 35.2 Å². The fourth-order valence-corrected chi connectivity index (χ4v) is 4.54. The standard InChI is InChI=1S/C19H27NO2/c1-22-18(21)17-10-5-6-11-19(17)12-7-13-20(15-19)14-16-8-3-2-4-9-16/h2-4,8-9,17H,5-7,10-15H2,1H3/t17-,19+/m1/s1. The summed E-state index contributed by atoms with van der Waals surface area (Å²) in [7, 11) is 1.54. The minimum atomic E-state index is 0.0151. The highest BCUT2D eigenvalue weighted by molar-refractivity contribution is 5.73.